The molecule has 4 heteroatoms. The maximum absolute atomic E-state index is 11.5. The zero-order chi connectivity index (χ0) is 13.5. The lowest BCUT2D eigenvalue weighted by molar-refractivity contribution is -0.111. The van der Waals surface area contributed by atoms with Crippen LogP contribution in [-0.2, 0) is 4.79 Å². The number of aromatic carboxylic acids is 1. The van der Waals surface area contributed by atoms with Crippen LogP contribution >= 0.6 is 0 Å². The third-order valence-electron chi connectivity index (χ3n) is 2.28. The number of hydrogen-bond acceptors (Lipinski definition) is 2. The van der Waals surface area contributed by atoms with Crippen LogP contribution in [0.5, 0.6) is 0 Å². The van der Waals surface area contributed by atoms with Crippen LogP contribution in [0.1, 0.15) is 22.8 Å². The number of carbonyl (C=O) groups is 2. The van der Waals surface area contributed by atoms with Gasteiger partial charge in [0.25, 0.3) is 0 Å². The van der Waals surface area contributed by atoms with Crippen molar-refractivity contribution in [2.75, 3.05) is 5.32 Å². The van der Waals surface area contributed by atoms with Gasteiger partial charge in [-0.3, -0.25) is 4.79 Å². The fourth-order valence-electron chi connectivity index (χ4n) is 1.37. The Hall–Kier alpha value is -2.36. The van der Waals surface area contributed by atoms with Gasteiger partial charge in [-0.15, -0.1) is 0 Å². The predicted molar refractivity (Wildman–Crippen MR) is 70.7 cm³/mol. The number of rotatable bonds is 4. The number of carboxylic acid groups (broad SMARTS) is 1. The van der Waals surface area contributed by atoms with Crippen LogP contribution in [0.15, 0.2) is 42.5 Å². The van der Waals surface area contributed by atoms with Crippen molar-refractivity contribution in [3.05, 3.63) is 53.6 Å². The number of allylic oxidation sites excluding steroid dienone is 3. The summed E-state index contributed by atoms with van der Waals surface area (Å²) in [6.45, 7) is 3.61. The molecule has 94 valence electrons. The van der Waals surface area contributed by atoms with Gasteiger partial charge in [0.1, 0.15) is 0 Å². The van der Waals surface area contributed by atoms with Gasteiger partial charge < -0.3 is 10.4 Å². The van der Waals surface area contributed by atoms with E-state index in [0.717, 1.165) is 0 Å². The average molecular weight is 245 g/mol. The Morgan fingerprint density at radius 3 is 2.56 bits per heavy atom. The molecule has 0 aliphatic heterocycles. The Kier molecular flexibility index (Phi) is 4.87. The first-order chi connectivity index (χ1) is 8.54. The number of anilines is 1. The molecule has 0 aliphatic rings. The van der Waals surface area contributed by atoms with E-state index in [-0.39, 0.29) is 11.5 Å². The lowest BCUT2D eigenvalue weighted by atomic mass is 10.1. The molecule has 0 aromatic heterocycles. The van der Waals surface area contributed by atoms with Gasteiger partial charge >= 0.3 is 5.97 Å². The third-order valence-corrected chi connectivity index (χ3v) is 2.28. The summed E-state index contributed by atoms with van der Waals surface area (Å²) in [5.74, 6) is -1.23. The summed E-state index contributed by atoms with van der Waals surface area (Å²) in [5, 5.41) is 11.5. The summed E-state index contributed by atoms with van der Waals surface area (Å²) in [4.78, 5) is 22.3. The molecule has 2 N–H and O–H groups in total. The first-order valence-corrected chi connectivity index (χ1v) is 5.49. The molecule has 0 saturated carbocycles. The Labute approximate surface area is 106 Å². The van der Waals surface area contributed by atoms with E-state index in [0.29, 0.717) is 11.3 Å². The van der Waals surface area contributed by atoms with Gasteiger partial charge in [-0.25, -0.2) is 4.79 Å². The lowest BCUT2D eigenvalue weighted by Gasteiger charge is -2.07. The standard InChI is InChI=1S/C14H15NO3/c1-3-4-5-6-13(16)15-12-8-7-11(14(17)18)9-10(12)2/h3-9H,1-2H3,(H,15,16)(H,17,18)/b4-3+,6-5+. The molecule has 1 rings (SSSR count). The molecule has 4 nitrogen and oxygen atoms in total. The molecule has 0 aliphatic carbocycles. The quantitative estimate of drug-likeness (QED) is 0.633. The topological polar surface area (TPSA) is 66.4 Å². The number of nitrogens with one attached hydrogen (secondary N) is 1. The van der Waals surface area contributed by atoms with Crippen LogP contribution in [0.25, 0.3) is 0 Å². The number of carbonyl (C=O) groups excluding carboxylic acids is 1. The molecule has 0 fully saturated rings. The largest absolute Gasteiger partial charge is 0.478 e. The van der Waals surface area contributed by atoms with E-state index in [9.17, 15) is 9.59 Å². The van der Waals surface area contributed by atoms with Gasteiger partial charge in [0.2, 0.25) is 5.91 Å². The van der Waals surface area contributed by atoms with Gasteiger partial charge in [-0.2, -0.15) is 0 Å². The normalized spacial score (nSPS) is 11.0. The third kappa shape index (κ3) is 3.90. The van der Waals surface area contributed by atoms with Crippen molar-refractivity contribution in [2.24, 2.45) is 0 Å². The van der Waals surface area contributed by atoms with E-state index in [1.807, 2.05) is 13.0 Å². The van der Waals surface area contributed by atoms with Crippen molar-refractivity contribution in [1.82, 2.24) is 0 Å². The zero-order valence-electron chi connectivity index (χ0n) is 10.3. The number of carboxylic acids is 1. The molecule has 0 unspecified atom stereocenters. The maximum Gasteiger partial charge on any atom is 0.335 e. The summed E-state index contributed by atoms with van der Waals surface area (Å²) in [5.41, 5.74) is 1.52. The lowest BCUT2D eigenvalue weighted by Crippen LogP contribution is -2.09. The molecule has 0 saturated heterocycles. The van der Waals surface area contributed by atoms with E-state index in [2.05, 4.69) is 5.32 Å². The SMILES string of the molecule is C/C=C/C=C/C(=O)Nc1ccc(C(=O)O)cc1C. The Balaban J connectivity index is 2.79. The van der Waals surface area contributed by atoms with Crippen LogP contribution in [0.2, 0.25) is 0 Å². The van der Waals surface area contributed by atoms with E-state index < -0.39 is 5.97 Å². The van der Waals surface area contributed by atoms with E-state index in [1.54, 1.807) is 25.1 Å². The highest BCUT2D eigenvalue weighted by atomic mass is 16.4. The number of hydrogen-bond donors (Lipinski definition) is 2. The average Bonchev–Trinajstić information content (AvgIpc) is 2.32. The van der Waals surface area contributed by atoms with Crippen molar-refractivity contribution < 1.29 is 14.7 Å². The monoisotopic (exact) mass is 245 g/mol. The number of amides is 1. The van der Waals surface area contributed by atoms with Crippen LogP contribution in [-0.4, -0.2) is 17.0 Å². The summed E-state index contributed by atoms with van der Waals surface area (Å²) in [7, 11) is 0. The van der Waals surface area contributed by atoms with Gasteiger partial charge in [0.05, 0.1) is 5.56 Å². The first kappa shape index (κ1) is 13.7. The molecule has 1 amide bonds. The minimum absolute atomic E-state index is 0.204. The maximum atomic E-state index is 11.5. The predicted octanol–water partition coefficient (Wildman–Crippen LogP) is 2.76. The van der Waals surface area contributed by atoms with Crippen molar-refractivity contribution >= 4 is 17.6 Å². The summed E-state index contributed by atoms with van der Waals surface area (Å²) >= 11 is 0. The van der Waals surface area contributed by atoms with Gasteiger partial charge in [-0.1, -0.05) is 18.2 Å². The molecule has 0 heterocycles. The van der Waals surface area contributed by atoms with Gasteiger partial charge in [0, 0.05) is 11.8 Å². The molecular formula is C14H15NO3. The van der Waals surface area contributed by atoms with Crippen molar-refractivity contribution in [2.45, 2.75) is 13.8 Å². The van der Waals surface area contributed by atoms with Crippen molar-refractivity contribution in [3.63, 3.8) is 0 Å². The fraction of sp³-hybridized carbons (Fsp3) is 0.143. The summed E-state index contributed by atoms with van der Waals surface area (Å²) in [6.07, 6.45) is 6.61. The first-order valence-electron chi connectivity index (χ1n) is 5.49. The van der Waals surface area contributed by atoms with E-state index in [1.165, 1.54) is 18.2 Å². The number of aryl methyl sites for hydroxylation is 1. The van der Waals surface area contributed by atoms with E-state index in [4.69, 9.17) is 5.11 Å². The Morgan fingerprint density at radius 2 is 2.00 bits per heavy atom. The highest BCUT2D eigenvalue weighted by molar-refractivity contribution is 6.00. The van der Waals surface area contributed by atoms with Crippen LogP contribution in [0.4, 0.5) is 5.69 Å². The molecule has 0 spiro atoms. The zero-order valence-corrected chi connectivity index (χ0v) is 10.3. The fourth-order valence-corrected chi connectivity index (χ4v) is 1.37. The van der Waals surface area contributed by atoms with Crippen molar-refractivity contribution in [3.8, 4) is 0 Å². The second-order valence-electron chi connectivity index (χ2n) is 3.71. The van der Waals surface area contributed by atoms with Gasteiger partial charge in [-0.05, 0) is 37.6 Å². The molecule has 0 atom stereocenters. The highest BCUT2D eigenvalue weighted by Gasteiger charge is 2.06. The molecule has 0 bridgehead atoms. The number of benzene rings is 1. The van der Waals surface area contributed by atoms with E-state index >= 15 is 0 Å². The molecular weight excluding hydrogens is 230 g/mol. The van der Waals surface area contributed by atoms with Crippen molar-refractivity contribution in [1.29, 1.82) is 0 Å². The minimum atomic E-state index is -0.982. The van der Waals surface area contributed by atoms with Gasteiger partial charge in [0.15, 0.2) is 0 Å². The van der Waals surface area contributed by atoms with Crippen LogP contribution < -0.4 is 5.32 Å². The Bertz CT molecular complexity index is 516. The minimum Gasteiger partial charge on any atom is -0.478 e. The van der Waals surface area contributed by atoms with Crippen LogP contribution in [0, 0.1) is 6.92 Å². The summed E-state index contributed by atoms with van der Waals surface area (Å²) < 4.78 is 0. The summed E-state index contributed by atoms with van der Waals surface area (Å²) in [6, 6.07) is 4.56. The second kappa shape index (κ2) is 6.39. The molecule has 18 heavy (non-hydrogen) atoms. The Morgan fingerprint density at radius 1 is 1.28 bits per heavy atom. The van der Waals surface area contributed by atoms with Crippen LogP contribution in [0.3, 0.4) is 0 Å². The molecule has 0 radical (unpaired) electrons. The smallest absolute Gasteiger partial charge is 0.335 e. The molecule has 1 aromatic rings. The molecule has 1 aromatic carbocycles. The second-order valence-corrected chi connectivity index (χ2v) is 3.71. The highest BCUT2D eigenvalue weighted by Crippen LogP contribution is 2.16.